The minimum absolute atomic E-state index is 0.104. The minimum atomic E-state index is -4.42. The summed E-state index contributed by atoms with van der Waals surface area (Å²) >= 11 is 0. The molecular formula is C22H27F3N4O. The van der Waals surface area contributed by atoms with Crippen LogP contribution < -0.4 is 10.6 Å². The number of benzene rings is 2. The lowest BCUT2D eigenvalue weighted by atomic mass is 10.1. The molecule has 1 aliphatic rings. The fraction of sp³-hybridized carbons (Fsp3) is 0.409. The third-order valence-electron chi connectivity index (χ3n) is 5.22. The molecule has 0 saturated carbocycles. The number of carbonyl (C=O) groups is 1. The first-order chi connectivity index (χ1) is 14.3. The summed E-state index contributed by atoms with van der Waals surface area (Å²) in [6.07, 6.45) is -4.42. The van der Waals surface area contributed by atoms with Crippen LogP contribution in [-0.4, -0.2) is 62.0 Å². The Morgan fingerprint density at radius 3 is 2.40 bits per heavy atom. The van der Waals surface area contributed by atoms with E-state index < -0.39 is 11.7 Å². The fourth-order valence-corrected chi connectivity index (χ4v) is 3.44. The number of amides is 1. The second-order valence-corrected chi connectivity index (χ2v) is 7.57. The lowest BCUT2D eigenvalue weighted by molar-refractivity contribution is -0.137. The smallest absolute Gasteiger partial charge is 0.376 e. The van der Waals surface area contributed by atoms with Gasteiger partial charge in [0.25, 0.3) is 0 Å². The Labute approximate surface area is 174 Å². The molecule has 1 unspecified atom stereocenters. The summed E-state index contributed by atoms with van der Waals surface area (Å²) in [5.41, 5.74) is 0.518. The monoisotopic (exact) mass is 420 g/mol. The van der Waals surface area contributed by atoms with Crippen molar-refractivity contribution in [1.29, 1.82) is 0 Å². The fourth-order valence-electron chi connectivity index (χ4n) is 3.44. The first-order valence-corrected chi connectivity index (χ1v) is 9.97. The van der Waals surface area contributed by atoms with Crippen molar-refractivity contribution < 1.29 is 18.0 Å². The number of hydrogen-bond acceptors (Lipinski definition) is 4. The largest absolute Gasteiger partial charge is 0.416 e. The molecule has 1 atom stereocenters. The van der Waals surface area contributed by atoms with E-state index >= 15 is 0 Å². The van der Waals surface area contributed by atoms with Gasteiger partial charge in [-0.1, -0.05) is 36.4 Å². The van der Waals surface area contributed by atoms with E-state index in [9.17, 15) is 18.0 Å². The summed E-state index contributed by atoms with van der Waals surface area (Å²) in [5.74, 6) is -0.268. The van der Waals surface area contributed by atoms with Crippen molar-refractivity contribution in [3.05, 3.63) is 65.7 Å². The van der Waals surface area contributed by atoms with Gasteiger partial charge >= 0.3 is 6.18 Å². The van der Waals surface area contributed by atoms with Gasteiger partial charge in [0.05, 0.1) is 18.2 Å². The predicted octanol–water partition coefficient (Wildman–Crippen LogP) is 3.22. The molecule has 0 bridgehead atoms. The molecule has 0 aromatic heterocycles. The molecule has 0 spiro atoms. The van der Waals surface area contributed by atoms with Gasteiger partial charge in [0.15, 0.2) is 0 Å². The van der Waals surface area contributed by atoms with E-state index in [0.29, 0.717) is 6.54 Å². The third kappa shape index (κ3) is 6.47. The average molecular weight is 420 g/mol. The molecule has 1 saturated heterocycles. The Hall–Kier alpha value is -2.58. The van der Waals surface area contributed by atoms with Crippen LogP contribution in [-0.2, 0) is 11.0 Å². The van der Waals surface area contributed by atoms with Gasteiger partial charge in [-0.15, -0.1) is 0 Å². The van der Waals surface area contributed by atoms with E-state index in [4.69, 9.17) is 0 Å². The van der Waals surface area contributed by atoms with Crippen molar-refractivity contribution in [2.75, 3.05) is 51.6 Å². The summed E-state index contributed by atoms with van der Waals surface area (Å²) < 4.78 is 38.6. The Kier molecular flexibility index (Phi) is 7.33. The van der Waals surface area contributed by atoms with Gasteiger partial charge in [-0.2, -0.15) is 13.2 Å². The van der Waals surface area contributed by atoms with Crippen LogP contribution in [0.15, 0.2) is 54.6 Å². The Balaban J connectivity index is 1.60. The second-order valence-electron chi connectivity index (χ2n) is 7.57. The number of halogens is 3. The van der Waals surface area contributed by atoms with Crippen LogP contribution in [0.5, 0.6) is 0 Å². The molecule has 1 aliphatic heterocycles. The summed E-state index contributed by atoms with van der Waals surface area (Å²) in [4.78, 5) is 17.1. The van der Waals surface area contributed by atoms with Crippen molar-refractivity contribution in [2.24, 2.45) is 0 Å². The number of carbonyl (C=O) groups excluding carboxylic acids is 1. The summed E-state index contributed by atoms with van der Waals surface area (Å²) in [6.45, 7) is 4.40. The molecule has 3 rings (SSSR count). The molecule has 162 valence electrons. The van der Waals surface area contributed by atoms with Gasteiger partial charge in [0.1, 0.15) is 0 Å². The maximum atomic E-state index is 12.9. The van der Waals surface area contributed by atoms with Crippen molar-refractivity contribution >= 4 is 11.6 Å². The highest BCUT2D eigenvalue weighted by Gasteiger charge is 2.30. The predicted molar refractivity (Wildman–Crippen MR) is 111 cm³/mol. The Morgan fingerprint density at radius 2 is 1.73 bits per heavy atom. The number of nitrogens with zero attached hydrogens (tertiary/aromatic N) is 2. The van der Waals surface area contributed by atoms with Crippen LogP contribution in [0, 0.1) is 0 Å². The van der Waals surface area contributed by atoms with Crippen molar-refractivity contribution in [2.45, 2.75) is 12.2 Å². The molecule has 2 aromatic rings. The van der Waals surface area contributed by atoms with Crippen molar-refractivity contribution in [3.8, 4) is 0 Å². The number of rotatable bonds is 7. The second kappa shape index (κ2) is 9.95. The van der Waals surface area contributed by atoms with Crippen LogP contribution in [0.25, 0.3) is 0 Å². The van der Waals surface area contributed by atoms with E-state index in [-0.39, 0.29) is 24.2 Å². The van der Waals surface area contributed by atoms with Crippen LogP contribution >= 0.6 is 0 Å². The van der Waals surface area contributed by atoms with Crippen LogP contribution in [0.1, 0.15) is 17.2 Å². The van der Waals surface area contributed by atoms with Gasteiger partial charge in [0, 0.05) is 38.4 Å². The van der Waals surface area contributed by atoms with Gasteiger partial charge in [-0.25, -0.2) is 0 Å². The summed E-state index contributed by atoms with van der Waals surface area (Å²) in [5, 5.41) is 5.82. The zero-order chi connectivity index (χ0) is 21.6. The first-order valence-electron chi connectivity index (χ1n) is 9.97. The van der Waals surface area contributed by atoms with E-state index in [0.717, 1.165) is 43.9 Å². The van der Waals surface area contributed by atoms with Crippen molar-refractivity contribution in [1.82, 2.24) is 15.1 Å². The van der Waals surface area contributed by atoms with E-state index in [1.54, 1.807) is 0 Å². The molecule has 30 heavy (non-hydrogen) atoms. The van der Waals surface area contributed by atoms with Crippen LogP contribution in [0.2, 0.25) is 0 Å². The highest BCUT2D eigenvalue weighted by Crippen LogP contribution is 2.30. The lowest BCUT2D eigenvalue weighted by Gasteiger charge is -2.35. The normalized spacial score (nSPS) is 16.8. The molecule has 2 aromatic carbocycles. The summed E-state index contributed by atoms with van der Waals surface area (Å²) in [7, 11) is 2.09. The van der Waals surface area contributed by atoms with Gasteiger partial charge in [-0.3, -0.25) is 9.69 Å². The molecule has 1 amide bonds. The molecule has 1 heterocycles. The van der Waals surface area contributed by atoms with Gasteiger partial charge < -0.3 is 15.5 Å². The van der Waals surface area contributed by atoms with E-state index in [2.05, 4.69) is 27.5 Å². The first kappa shape index (κ1) is 22.1. The number of alkyl halides is 3. The Bertz CT molecular complexity index is 821. The highest BCUT2D eigenvalue weighted by molar-refractivity contribution is 5.81. The third-order valence-corrected chi connectivity index (χ3v) is 5.22. The van der Waals surface area contributed by atoms with Crippen LogP contribution in [0.3, 0.4) is 0 Å². The molecule has 0 aliphatic carbocycles. The molecule has 8 heteroatoms. The lowest BCUT2D eigenvalue weighted by Crippen LogP contribution is -2.48. The van der Waals surface area contributed by atoms with Gasteiger partial charge in [0.2, 0.25) is 5.91 Å². The molecule has 5 nitrogen and oxygen atoms in total. The molecule has 2 N–H and O–H groups in total. The average Bonchev–Trinajstić information content (AvgIpc) is 2.73. The molecule has 1 fully saturated rings. The topological polar surface area (TPSA) is 47.6 Å². The SMILES string of the molecule is CN1CCN(CC(NC(=O)CNc2cccc(C(F)(F)F)c2)c2ccccc2)CC1. The number of nitrogens with one attached hydrogen (secondary N) is 2. The maximum Gasteiger partial charge on any atom is 0.416 e. The molecular weight excluding hydrogens is 393 g/mol. The standard InChI is InChI=1S/C22H27F3N4O/c1-28-10-12-29(13-11-28)16-20(17-6-3-2-4-7-17)27-21(30)15-26-19-9-5-8-18(14-19)22(23,24)25/h2-9,14,20,26H,10-13,15-16H2,1H3,(H,27,30). The Morgan fingerprint density at radius 1 is 1.03 bits per heavy atom. The minimum Gasteiger partial charge on any atom is -0.376 e. The number of likely N-dealkylation sites (N-methyl/N-ethyl adjacent to an activating group) is 1. The van der Waals surface area contributed by atoms with E-state index in [1.165, 1.54) is 12.1 Å². The number of hydrogen-bond donors (Lipinski definition) is 2. The van der Waals surface area contributed by atoms with Crippen LogP contribution in [0.4, 0.5) is 18.9 Å². The van der Waals surface area contributed by atoms with Gasteiger partial charge in [-0.05, 0) is 30.8 Å². The molecule has 0 radical (unpaired) electrons. The zero-order valence-electron chi connectivity index (χ0n) is 17.0. The van der Waals surface area contributed by atoms with Crippen molar-refractivity contribution in [3.63, 3.8) is 0 Å². The highest BCUT2D eigenvalue weighted by atomic mass is 19.4. The number of anilines is 1. The maximum absolute atomic E-state index is 12.9. The number of piperazine rings is 1. The summed E-state index contributed by atoms with van der Waals surface area (Å²) in [6, 6.07) is 14.4. The zero-order valence-corrected chi connectivity index (χ0v) is 17.0. The quantitative estimate of drug-likeness (QED) is 0.722. The van der Waals surface area contributed by atoms with E-state index in [1.807, 2.05) is 30.3 Å².